The molecule has 146 valence electrons. The maximum absolute atomic E-state index is 5.48. The van der Waals surface area contributed by atoms with Crippen LogP contribution in [0.4, 0.5) is 5.82 Å². The second-order valence-electron chi connectivity index (χ2n) is 6.49. The van der Waals surface area contributed by atoms with E-state index < -0.39 is 0 Å². The highest BCUT2D eigenvalue weighted by Crippen LogP contribution is 2.39. The zero-order valence-electron chi connectivity index (χ0n) is 16.4. The highest BCUT2D eigenvalue weighted by molar-refractivity contribution is 7.23. The first-order valence-corrected chi connectivity index (χ1v) is 9.84. The lowest BCUT2D eigenvalue weighted by Crippen LogP contribution is -2.10. The van der Waals surface area contributed by atoms with Crippen molar-refractivity contribution in [1.82, 2.24) is 9.38 Å². The van der Waals surface area contributed by atoms with Gasteiger partial charge in [-0.3, -0.25) is 4.40 Å². The van der Waals surface area contributed by atoms with Crippen LogP contribution >= 0.6 is 11.3 Å². The predicted octanol–water partition coefficient (Wildman–Crippen LogP) is 4.60. The maximum Gasteiger partial charge on any atom is 0.197 e. The molecular formula is C21H23N3O3S. The van der Waals surface area contributed by atoms with Gasteiger partial charge in [-0.25, -0.2) is 4.98 Å². The molecule has 1 N–H and O–H groups in total. The van der Waals surface area contributed by atoms with Crippen LogP contribution in [0.5, 0.6) is 11.5 Å². The molecule has 0 bridgehead atoms. The Bertz CT molecular complexity index is 1130. The number of thiazole rings is 1. The number of aryl methyl sites for hydroxylation is 1. The Morgan fingerprint density at radius 3 is 2.61 bits per heavy atom. The predicted molar refractivity (Wildman–Crippen MR) is 114 cm³/mol. The number of nitrogens with zero attached hydrogens (tertiary/aromatic N) is 2. The van der Waals surface area contributed by atoms with E-state index >= 15 is 0 Å². The van der Waals surface area contributed by atoms with Gasteiger partial charge >= 0.3 is 0 Å². The van der Waals surface area contributed by atoms with Gasteiger partial charge in [0, 0.05) is 19.2 Å². The van der Waals surface area contributed by atoms with Crippen LogP contribution in [0, 0.1) is 6.92 Å². The topological polar surface area (TPSA) is 57.0 Å². The van der Waals surface area contributed by atoms with Gasteiger partial charge in [0.05, 0.1) is 31.0 Å². The number of aromatic nitrogens is 2. The number of rotatable bonds is 7. The van der Waals surface area contributed by atoms with Gasteiger partial charge in [-0.05, 0) is 42.8 Å². The van der Waals surface area contributed by atoms with Crippen LogP contribution < -0.4 is 14.8 Å². The van der Waals surface area contributed by atoms with E-state index in [-0.39, 0.29) is 0 Å². The fraction of sp³-hybridized carbons (Fsp3) is 0.286. The van der Waals surface area contributed by atoms with E-state index in [2.05, 4.69) is 34.8 Å². The van der Waals surface area contributed by atoms with Crippen molar-refractivity contribution in [3.05, 3.63) is 42.0 Å². The molecule has 28 heavy (non-hydrogen) atoms. The summed E-state index contributed by atoms with van der Waals surface area (Å²) in [5.41, 5.74) is 4.23. The van der Waals surface area contributed by atoms with Crippen molar-refractivity contribution >= 4 is 32.3 Å². The third-order valence-corrected chi connectivity index (χ3v) is 5.66. The van der Waals surface area contributed by atoms with Gasteiger partial charge in [0.15, 0.2) is 16.5 Å². The smallest absolute Gasteiger partial charge is 0.197 e. The Balaban J connectivity index is 1.91. The molecule has 0 aliphatic heterocycles. The molecule has 0 aliphatic carbocycles. The average molecular weight is 398 g/mol. The molecule has 2 aromatic heterocycles. The van der Waals surface area contributed by atoms with E-state index in [0.717, 1.165) is 27.6 Å². The van der Waals surface area contributed by atoms with Gasteiger partial charge in [-0.1, -0.05) is 17.4 Å². The van der Waals surface area contributed by atoms with Gasteiger partial charge in [0.1, 0.15) is 11.5 Å². The Kier molecular flexibility index (Phi) is 5.11. The normalized spacial score (nSPS) is 11.3. The number of methoxy groups -OCH3 is 3. The van der Waals surface area contributed by atoms with E-state index in [9.17, 15) is 0 Å². The number of benzene rings is 2. The summed E-state index contributed by atoms with van der Waals surface area (Å²) in [4.78, 5) is 5.89. The highest BCUT2D eigenvalue weighted by Gasteiger charge is 2.19. The summed E-state index contributed by atoms with van der Waals surface area (Å²) in [6, 6.07) is 12.3. The van der Waals surface area contributed by atoms with Crippen molar-refractivity contribution in [3.63, 3.8) is 0 Å². The highest BCUT2D eigenvalue weighted by atomic mass is 32.1. The first-order valence-electron chi connectivity index (χ1n) is 9.03. The van der Waals surface area contributed by atoms with Gasteiger partial charge in [0.2, 0.25) is 0 Å². The molecule has 0 aliphatic rings. The third-order valence-electron chi connectivity index (χ3n) is 4.66. The van der Waals surface area contributed by atoms with Crippen molar-refractivity contribution in [2.24, 2.45) is 0 Å². The molecule has 6 nitrogen and oxygen atoms in total. The maximum atomic E-state index is 5.48. The Morgan fingerprint density at radius 1 is 1.04 bits per heavy atom. The third kappa shape index (κ3) is 3.16. The Morgan fingerprint density at radius 2 is 1.86 bits per heavy atom. The summed E-state index contributed by atoms with van der Waals surface area (Å²) in [5, 5.41) is 3.50. The Hall–Kier alpha value is -2.77. The fourth-order valence-corrected chi connectivity index (χ4v) is 4.42. The SMILES string of the molecule is COCCNc1c(-c2ccc(OC)c(OC)c2)nc2sc3cc(C)ccc3n12. The molecule has 0 amide bonds. The van der Waals surface area contributed by atoms with Crippen molar-refractivity contribution in [2.75, 3.05) is 39.8 Å². The van der Waals surface area contributed by atoms with E-state index in [0.29, 0.717) is 24.7 Å². The van der Waals surface area contributed by atoms with Crippen molar-refractivity contribution < 1.29 is 14.2 Å². The molecule has 0 fully saturated rings. The summed E-state index contributed by atoms with van der Waals surface area (Å²) >= 11 is 1.69. The zero-order valence-corrected chi connectivity index (χ0v) is 17.2. The minimum absolute atomic E-state index is 0.611. The van der Waals surface area contributed by atoms with Crippen LogP contribution in [0.2, 0.25) is 0 Å². The molecule has 2 aromatic carbocycles. The standard InChI is InChI=1S/C21H23N3O3S/c1-13-5-7-15-18(11-13)28-21-23-19(20(24(15)21)22-9-10-25-2)14-6-8-16(26-3)17(12-14)27-4/h5-8,11-12,22H,9-10H2,1-4H3. The first-order chi connectivity index (χ1) is 13.7. The van der Waals surface area contributed by atoms with Gasteiger partial charge in [-0.15, -0.1) is 0 Å². The van der Waals surface area contributed by atoms with E-state index in [1.54, 1.807) is 32.7 Å². The molecule has 0 saturated heterocycles. The lowest BCUT2D eigenvalue weighted by atomic mass is 10.1. The van der Waals surface area contributed by atoms with Crippen LogP contribution in [0.25, 0.3) is 26.4 Å². The molecule has 0 radical (unpaired) electrons. The second-order valence-corrected chi connectivity index (χ2v) is 7.50. The van der Waals surface area contributed by atoms with E-state index in [1.807, 2.05) is 18.2 Å². The van der Waals surface area contributed by atoms with Crippen LogP contribution in [-0.2, 0) is 4.74 Å². The minimum atomic E-state index is 0.611. The van der Waals surface area contributed by atoms with Gasteiger partial charge < -0.3 is 19.5 Å². The van der Waals surface area contributed by atoms with E-state index in [4.69, 9.17) is 19.2 Å². The molecule has 7 heteroatoms. The number of hydrogen-bond donors (Lipinski definition) is 1. The number of ether oxygens (including phenoxy) is 3. The summed E-state index contributed by atoms with van der Waals surface area (Å²) in [6.07, 6.45) is 0. The van der Waals surface area contributed by atoms with E-state index in [1.165, 1.54) is 10.3 Å². The molecule has 0 spiro atoms. The van der Waals surface area contributed by atoms with Crippen molar-refractivity contribution in [3.8, 4) is 22.8 Å². The number of imidazole rings is 1. The van der Waals surface area contributed by atoms with Gasteiger partial charge in [0.25, 0.3) is 0 Å². The number of nitrogens with one attached hydrogen (secondary N) is 1. The van der Waals surface area contributed by atoms with Crippen LogP contribution in [0.1, 0.15) is 5.56 Å². The summed E-state index contributed by atoms with van der Waals surface area (Å²) in [7, 11) is 4.97. The monoisotopic (exact) mass is 397 g/mol. The summed E-state index contributed by atoms with van der Waals surface area (Å²) < 4.78 is 19.5. The quantitative estimate of drug-likeness (QED) is 0.462. The molecule has 2 heterocycles. The molecule has 0 unspecified atom stereocenters. The largest absolute Gasteiger partial charge is 0.493 e. The zero-order chi connectivity index (χ0) is 19.7. The Labute approximate surface area is 167 Å². The van der Waals surface area contributed by atoms with Crippen LogP contribution in [0.15, 0.2) is 36.4 Å². The minimum Gasteiger partial charge on any atom is -0.493 e. The summed E-state index contributed by atoms with van der Waals surface area (Å²) in [5.74, 6) is 2.33. The molecule has 0 saturated carbocycles. The molecule has 0 atom stereocenters. The average Bonchev–Trinajstić information content (AvgIpc) is 3.23. The lowest BCUT2D eigenvalue weighted by Gasteiger charge is -2.11. The van der Waals surface area contributed by atoms with Crippen molar-refractivity contribution in [1.29, 1.82) is 0 Å². The van der Waals surface area contributed by atoms with Crippen LogP contribution in [0.3, 0.4) is 0 Å². The number of anilines is 1. The summed E-state index contributed by atoms with van der Waals surface area (Å²) in [6.45, 7) is 3.41. The molecule has 4 aromatic rings. The van der Waals surface area contributed by atoms with Crippen LogP contribution in [-0.4, -0.2) is 43.9 Å². The number of fused-ring (bicyclic) bond motifs is 3. The lowest BCUT2D eigenvalue weighted by molar-refractivity contribution is 0.210. The fourth-order valence-electron chi connectivity index (χ4n) is 3.30. The molecular weight excluding hydrogens is 374 g/mol. The molecule has 4 rings (SSSR count). The van der Waals surface area contributed by atoms with Crippen molar-refractivity contribution in [2.45, 2.75) is 6.92 Å². The second kappa shape index (κ2) is 7.69. The van der Waals surface area contributed by atoms with Gasteiger partial charge in [-0.2, -0.15) is 0 Å². The number of hydrogen-bond acceptors (Lipinski definition) is 6. The first kappa shape index (κ1) is 18.6.